The summed E-state index contributed by atoms with van der Waals surface area (Å²) < 4.78 is 2.13. The predicted molar refractivity (Wildman–Crippen MR) is 85.9 cm³/mol. The summed E-state index contributed by atoms with van der Waals surface area (Å²) >= 11 is 6.17. The van der Waals surface area contributed by atoms with E-state index >= 15 is 0 Å². The number of nitrogens with one attached hydrogen (secondary N) is 1. The first-order valence-corrected chi connectivity index (χ1v) is 7.63. The topological polar surface area (TPSA) is 29.9 Å². The average Bonchev–Trinajstić information content (AvgIpc) is 3.24. The summed E-state index contributed by atoms with van der Waals surface area (Å²) in [4.78, 5) is 4.48. The molecular weight excluding hydrogens is 282 g/mol. The van der Waals surface area contributed by atoms with Gasteiger partial charge in [-0.15, -0.1) is 0 Å². The number of halogens is 1. The van der Waals surface area contributed by atoms with Crippen molar-refractivity contribution in [2.75, 3.05) is 0 Å². The number of hydrogen-bond donors (Lipinski definition) is 1. The Kier molecular flexibility index (Phi) is 3.17. The Morgan fingerprint density at radius 2 is 2.05 bits per heavy atom. The highest BCUT2D eigenvalue weighted by Gasteiger charge is 2.20. The van der Waals surface area contributed by atoms with Crippen molar-refractivity contribution in [3.05, 3.63) is 59.4 Å². The van der Waals surface area contributed by atoms with Crippen molar-refractivity contribution in [3.8, 4) is 5.69 Å². The molecule has 1 saturated carbocycles. The van der Waals surface area contributed by atoms with E-state index in [0.717, 1.165) is 28.3 Å². The molecule has 106 valence electrons. The highest BCUT2D eigenvalue weighted by molar-refractivity contribution is 6.30. The molecule has 1 aliphatic rings. The fraction of sp³-hybridized carbons (Fsp3) is 0.235. The smallest absolute Gasteiger partial charge is 0.100 e. The summed E-state index contributed by atoms with van der Waals surface area (Å²) in [5, 5.41) is 4.33. The molecule has 0 saturated heterocycles. The van der Waals surface area contributed by atoms with Crippen LogP contribution in [0.4, 0.5) is 0 Å². The molecule has 1 aromatic heterocycles. The van der Waals surface area contributed by atoms with Gasteiger partial charge in [-0.2, -0.15) is 0 Å². The van der Waals surface area contributed by atoms with Gasteiger partial charge >= 0.3 is 0 Å². The van der Waals surface area contributed by atoms with Gasteiger partial charge in [0, 0.05) is 17.6 Å². The van der Waals surface area contributed by atoms with E-state index in [1.54, 1.807) is 0 Å². The van der Waals surface area contributed by atoms with Crippen LogP contribution in [-0.2, 0) is 6.54 Å². The Labute approximate surface area is 128 Å². The summed E-state index contributed by atoms with van der Waals surface area (Å²) in [6, 6.07) is 14.9. The van der Waals surface area contributed by atoms with Gasteiger partial charge in [-0.1, -0.05) is 23.7 Å². The van der Waals surface area contributed by atoms with Crippen LogP contribution >= 0.6 is 11.6 Å². The summed E-state index contributed by atoms with van der Waals surface area (Å²) in [5.41, 5.74) is 4.47. The Bertz CT molecular complexity index is 790. The third-order valence-corrected chi connectivity index (χ3v) is 4.15. The molecule has 1 heterocycles. The molecule has 3 nitrogen and oxygen atoms in total. The Morgan fingerprint density at radius 3 is 2.90 bits per heavy atom. The van der Waals surface area contributed by atoms with Gasteiger partial charge in [-0.25, -0.2) is 4.98 Å². The van der Waals surface area contributed by atoms with Crippen molar-refractivity contribution in [1.29, 1.82) is 0 Å². The number of nitrogens with zero attached hydrogens (tertiary/aromatic N) is 2. The maximum atomic E-state index is 6.17. The fourth-order valence-electron chi connectivity index (χ4n) is 2.62. The SMILES string of the molecule is Clc1ccc(-n2cnc3ccccc32)c(CNC2CC2)c1. The van der Waals surface area contributed by atoms with E-state index in [4.69, 9.17) is 11.6 Å². The summed E-state index contributed by atoms with van der Waals surface area (Å²) in [5.74, 6) is 0. The van der Waals surface area contributed by atoms with Gasteiger partial charge in [0.1, 0.15) is 6.33 Å². The maximum Gasteiger partial charge on any atom is 0.100 e. The second kappa shape index (κ2) is 5.17. The Morgan fingerprint density at radius 1 is 1.19 bits per heavy atom. The number of fused-ring (bicyclic) bond motifs is 1. The first-order chi connectivity index (χ1) is 10.3. The molecule has 0 atom stereocenters. The lowest BCUT2D eigenvalue weighted by Crippen LogP contribution is -2.16. The second-order valence-corrected chi connectivity index (χ2v) is 5.97. The van der Waals surface area contributed by atoms with Crippen molar-refractivity contribution >= 4 is 22.6 Å². The average molecular weight is 298 g/mol. The van der Waals surface area contributed by atoms with Crippen molar-refractivity contribution in [1.82, 2.24) is 14.9 Å². The van der Waals surface area contributed by atoms with Crippen LogP contribution in [0.1, 0.15) is 18.4 Å². The molecule has 0 unspecified atom stereocenters. The molecule has 0 radical (unpaired) electrons. The number of hydrogen-bond acceptors (Lipinski definition) is 2. The molecule has 4 heteroatoms. The molecule has 0 bridgehead atoms. The van der Waals surface area contributed by atoms with Gasteiger partial charge in [0.25, 0.3) is 0 Å². The van der Waals surface area contributed by atoms with Crippen molar-refractivity contribution in [2.45, 2.75) is 25.4 Å². The Balaban J connectivity index is 1.79. The van der Waals surface area contributed by atoms with Crippen LogP contribution in [0, 0.1) is 0 Å². The largest absolute Gasteiger partial charge is 0.310 e. The lowest BCUT2D eigenvalue weighted by molar-refractivity contribution is 0.685. The van der Waals surface area contributed by atoms with E-state index in [1.165, 1.54) is 18.4 Å². The third-order valence-electron chi connectivity index (χ3n) is 3.91. The number of imidazole rings is 1. The first-order valence-electron chi connectivity index (χ1n) is 7.25. The van der Waals surface area contributed by atoms with Crippen LogP contribution in [0.2, 0.25) is 5.02 Å². The highest BCUT2D eigenvalue weighted by atomic mass is 35.5. The van der Waals surface area contributed by atoms with Crippen molar-refractivity contribution in [2.24, 2.45) is 0 Å². The van der Waals surface area contributed by atoms with Gasteiger partial charge in [0.15, 0.2) is 0 Å². The van der Waals surface area contributed by atoms with Gasteiger partial charge < -0.3 is 5.32 Å². The van der Waals surface area contributed by atoms with E-state index in [9.17, 15) is 0 Å². The first kappa shape index (κ1) is 12.9. The highest BCUT2D eigenvalue weighted by Crippen LogP contribution is 2.25. The van der Waals surface area contributed by atoms with Crippen LogP contribution in [0.25, 0.3) is 16.7 Å². The van der Waals surface area contributed by atoms with Gasteiger partial charge in [0.2, 0.25) is 0 Å². The molecule has 21 heavy (non-hydrogen) atoms. The third kappa shape index (κ3) is 2.55. The molecule has 1 fully saturated rings. The van der Waals surface area contributed by atoms with Crippen LogP contribution in [0.3, 0.4) is 0 Å². The maximum absolute atomic E-state index is 6.17. The van der Waals surface area contributed by atoms with Crippen LogP contribution < -0.4 is 5.32 Å². The van der Waals surface area contributed by atoms with E-state index in [0.29, 0.717) is 6.04 Å². The molecular formula is C17H16ClN3. The molecule has 1 N–H and O–H groups in total. The number of aromatic nitrogens is 2. The molecule has 2 aromatic carbocycles. The van der Waals surface area contributed by atoms with E-state index in [2.05, 4.69) is 27.0 Å². The number of para-hydroxylation sites is 2. The Hall–Kier alpha value is -1.84. The molecule has 0 spiro atoms. The fourth-order valence-corrected chi connectivity index (χ4v) is 2.82. The quantitative estimate of drug-likeness (QED) is 0.791. The summed E-state index contributed by atoms with van der Waals surface area (Å²) in [6.45, 7) is 0.840. The molecule has 0 aliphatic heterocycles. The minimum atomic E-state index is 0.677. The van der Waals surface area contributed by atoms with Crippen LogP contribution in [-0.4, -0.2) is 15.6 Å². The van der Waals surface area contributed by atoms with Gasteiger partial charge in [-0.05, 0) is 48.7 Å². The standard InChI is InChI=1S/C17H16ClN3/c18-13-5-8-16(12(9-13)10-19-14-6-7-14)21-11-20-15-3-1-2-4-17(15)21/h1-5,8-9,11,14,19H,6-7,10H2. The zero-order valence-corrected chi connectivity index (χ0v) is 12.3. The summed E-state index contributed by atoms with van der Waals surface area (Å²) in [7, 11) is 0. The minimum Gasteiger partial charge on any atom is -0.310 e. The molecule has 4 rings (SSSR count). The lowest BCUT2D eigenvalue weighted by atomic mass is 10.1. The van der Waals surface area contributed by atoms with Gasteiger partial charge in [-0.3, -0.25) is 4.57 Å². The number of benzene rings is 2. The summed E-state index contributed by atoms with van der Waals surface area (Å²) in [6.07, 6.45) is 4.45. The van der Waals surface area contributed by atoms with Crippen molar-refractivity contribution < 1.29 is 0 Å². The normalized spacial score (nSPS) is 14.7. The van der Waals surface area contributed by atoms with Crippen LogP contribution in [0.5, 0.6) is 0 Å². The monoisotopic (exact) mass is 297 g/mol. The number of rotatable bonds is 4. The molecule has 1 aliphatic carbocycles. The zero-order valence-electron chi connectivity index (χ0n) is 11.6. The van der Waals surface area contributed by atoms with Gasteiger partial charge in [0.05, 0.1) is 16.7 Å². The molecule has 3 aromatic rings. The minimum absolute atomic E-state index is 0.677. The lowest BCUT2D eigenvalue weighted by Gasteiger charge is -2.12. The second-order valence-electron chi connectivity index (χ2n) is 5.53. The van der Waals surface area contributed by atoms with E-state index in [1.807, 2.05) is 36.7 Å². The predicted octanol–water partition coefficient (Wildman–Crippen LogP) is 3.93. The zero-order chi connectivity index (χ0) is 14.2. The molecule has 0 amide bonds. The van der Waals surface area contributed by atoms with Crippen molar-refractivity contribution in [3.63, 3.8) is 0 Å². The van der Waals surface area contributed by atoms with E-state index < -0.39 is 0 Å². The van der Waals surface area contributed by atoms with E-state index in [-0.39, 0.29) is 0 Å². The van der Waals surface area contributed by atoms with Crippen LogP contribution in [0.15, 0.2) is 48.8 Å².